The minimum Gasteiger partial charge on any atom is -0.618 e. The maximum atomic E-state index is 12.0. The smallest absolute Gasteiger partial charge is 0.252 e. The lowest BCUT2D eigenvalue weighted by Gasteiger charge is -2.18. The van der Waals surface area contributed by atoms with Crippen LogP contribution in [0.25, 0.3) is 0 Å². The maximum absolute atomic E-state index is 12.0. The van der Waals surface area contributed by atoms with Crippen LogP contribution in [0.4, 0.5) is 0 Å². The van der Waals surface area contributed by atoms with Gasteiger partial charge in [-0.05, 0) is 41.4 Å². The zero-order valence-electron chi connectivity index (χ0n) is 12.3. The summed E-state index contributed by atoms with van der Waals surface area (Å²) >= 11 is 1.59. The summed E-state index contributed by atoms with van der Waals surface area (Å²) in [5.74, 6) is 0. The van der Waals surface area contributed by atoms with Gasteiger partial charge in [0.25, 0.3) is 5.03 Å². The van der Waals surface area contributed by atoms with E-state index >= 15 is 0 Å². The zero-order chi connectivity index (χ0) is 15.4. The highest BCUT2D eigenvalue weighted by Crippen LogP contribution is 2.40. The molecule has 3 aromatic rings. The minimum absolute atomic E-state index is 0.102. The molecule has 0 radical (unpaired) electrons. The molecule has 0 bridgehead atoms. The lowest BCUT2D eigenvalue weighted by atomic mass is 10.0. The Morgan fingerprint density at radius 3 is 2.27 bits per heavy atom. The third-order valence-corrected chi connectivity index (χ3v) is 4.92. The van der Waals surface area contributed by atoms with Crippen molar-refractivity contribution in [3.8, 4) is 0 Å². The maximum Gasteiger partial charge on any atom is 0.252 e. The summed E-state index contributed by atoms with van der Waals surface area (Å²) in [4.78, 5) is 0. The van der Waals surface area contributed by atoms with E-state index in [-0.39, 0.29) is 5.25 Å². The van der Waals surface area contributed by atoms with E-state index in [0.717, 1.165) is 4.73 Å². The van der Waals surface area contributed by atoms with E-state index < -0.39 is 0 Å². The summed E-state index contributed by atoms with van der Waals surface area (Å²) < 4.78 is 0.929. The first-order valence-corrected chi connectivity index (χ1v) is 8.09. The molecule has 3 heteroatoms. The van der Waals surface area contributed by atoms with Crippen LogP contribution in [0.1, 0.15) is 21.9 Å². The van der Waals surface area contributed by atoms with E-state index in [1.54, 1.807) is 24.0 Å². The normalized spacial score (nSPS) is 12.0. The molecule has 0 spiro atoms. The van der Waals surface area contributed by atoms with Gasteiger partial charge in [-0.1, -0.05) is 54.6 Å². The van der Waals surface area contributed by atoms with Gasteiger partial charge in [0.05, 0.1) is 5.25 Å². The van der Waals surface area contributed by atoms with Crippen molar-refractivity contribution in [1.29, 1.82) is 0 Å². The summed E-state index contributed by atoms with van der Waals surface area (Å²) in [7, 11) is 0. The van der Waals surface area contributed by atoms with E-state index in [1.165, 1.54) is 16.7 Å². The molecule has 3 rings (SSSR count). The van der Waals surface area contributed by atoms with E-state index in [2.05, 4.69) is 37.3 Å². The van der Waals surface area contributed by atoms with Crippen LogP contribution < -0.4 is 4.73 Å². The SMILES string of the molecule is Cc1ccccc1C(Sc1cccc[n+]1[O-])c1ccccc1. The molecule has 0 saturated heterocycles. The summed E-state index contributed by atoms with van der Waals surface area (Å²) in [6.45, 7) is 2.11. The third-order valence-electron chi connectivity index (χ3n) is 3.60. The average molecular weight is 307 g/mol. The van der Waals surface area contributed by atoms with Crippen LogP contribution in [-0.4, -0.2) is 0 Å². The number of benzene rings is 2. The minimum atomic E-state index is 0.102. The summed E-state index contributed by atoms with van der Waals surface area (Å²) in [5.41, 5.74) is 3.67. The van der Waals surface area contributed by atoms with Gasteiger partial charge in [0, 0.05) is 12.1 Å². The molecule has 1 aromatic heterocycles. The fourth-order valence-electron chi connectivity index (χ4n) is 2.44. The summed E-state index contributed by atoms with van der Waals surface area (Å²) in [6, 6.07) is 24.2. The van der Waals surface area contributed by atoms with Gasteiger partial charge in [0.15, 0.2) is 6.20 Å². The fourth-order valence-corrected chi connectivity index (χ4v) is 3.69. The van der Waals surface area contributed by atoms with Crippen LogP contribution in [0.2, 0.25) is 0 Å². The van der Waals surface area contributed by atoms with Gasteiger partial charge in [-0.3, -0.25) is 0 Å². The molecule has 0 saturated carbocycles. The molecular weight excluding hydrogens is 290 g/mol. The van der Waals surface area contributed by atoms with Gasteiger partial charge in [0.2, 0.25) is 0 Å². The van der Waals surface area contributed by atoms with Crippen molar-refractivity contribution in [3.63, 3.8) is 0 Å². The topological polar surface area (TPSA) is 26.9 Å². The highest BCUT2D eigenvalue weighted by Gasteiger charge is 2.20. The van der Waals surface area contributed by atoms with Crippen LogP contribution in [0.15, 0.2) is 84.0 Å². The Kier molecular flexibility index (Phi) is 4.45. The van der Waals surface area contributed by atoms with Crippen molar-refractivity contribution in [2.75, 3.05) is 0 Å². The highest BCUT2D eigenvalue weighted by molar-refractivity contribution is 7.99. The van der Waals surface area contributed by atoms with Crippen molar-refractivity contribution in [2.45, 2.75) is 17.2 Å². The van der Waals surface area contributed by atoms with Gasteiger partial charge < -0.3 is 5.21 Å². The fraction of sp³-hybridized carbons (Fsp3) is 0.105. The average Bonchev–Trinajstić information content (AvgIpc) is 2.56. The second kappa shape index (κ2) is 6.67. The lowest BCUT2D eigenvalue weighted by Crippen LogP contribution is -2.28. The van der Waals surface area contributed by atoms with Crippen LogP contribution in [0, 0.1) is 12.1 Å². The molecule has 0 aliphatic carbocycles. The van der Waals surface area contributed by atoms with Crippen molar-refractivity contribution in [2.24, 2.45) is 0 Å². The molecule has 110 valence electrons. The molecular formula is C19H17NOS. The molecule has 2 aromatic carbocycles. The quantitative estimate of drug-likeness (QED) is 0.403. The lowest BCUT2D eigenvalue weighted by molar-refractivity contribution is -0.645. The molecule has 1 heterocycles. The first-order valence-electron chi connectivity index (χ1n) is 7.21. The van der Waals surface area contributed by atoms with Crippen LogP contribution >= 0.6 is 11.8 Å². The first kappa shape index (κ1) is 14.7. The number of hydrogen-bond donors (Lipinski definition) is 0. The molecule has 0 N–H and O–H groups in total. The number of nitrogens with zero attached hydrogens (tertiary/aromatic N) is 1. The molecule has 22 heavy (non-hydrogen) atoms. The summed E-state index contributed by atoms with van der Waals surface area (Å²) in [6.07, 6.45) is 1.54. The molecule has 1 atom stereocenters. The van der Waals surface area contributed by atoms with Crippen molar-refractivity contribution < 1.29 is 4.73 Å². The standard InChI is InChI=1S/C19H17NOS/c1-15-9-5-6-12-17(15)19(16-10-3-2-4-11-16)22-18-13-7-8-14-20(18)21/h2-14,19H,1H3. The molecule has 1 unspecified atom stereocenters. The highest BCUT2D eigenvalue weighted by atomic mass is 32.2. The molecule has 0 fully saturated rings. The van der Waals surface area contributed by atoms with Gasteiger partial charge >= 0.3 is 0 Å². The second-order valence-corrected chi connectivity index (χ2v) is 6.26. The zero-order valence-corrected chi connectivity index (χ0v) is 13.2. The van der Waals surface area contributed by atoms with Gasteiger partial charge in [-0.2, -0.15) is 4.73 Å². The first-order chi connectivity index (χ1) is 10.8. The third kappa shape index (κ3) is 3.15. The molecule has 0 aliphatic rings. The van der Waals surface area contributed by atoms with E-state index in [4.69, 9.17) is 0 Å². The van der Waals surface area contributed by atoms with Crippen LogP contribution in [0.5, 0.6) is 0 Å². The number of rotatable bonds is 4. The Hall–Kier alpha value is -2.26. The van der Waals surface area contributed by atoms with Crippen LogP contribution in [0.3, 0.4) is 0 Å². The van der Waals surface area contributed by atoms with Crippen molar-refractivity contribution in [3.05, 3.63) is 101 Å². The Morgan fingerprint density at radius 2 is 1.55 bits per heavy atom. The second-order valence-electron chi connectivity index (χ2n) is 5.13. The number of hydrogen-bond acceptors (Lipinski definition) is 2. The van der Waals surface area contributed by atoms with E-state index in [0.29, 0.717) is 5.03 Å². The van der Waals surface area contributed by atoms with E-state index in [1.807, 2.05) is 36.4 Å². The number of thioether (sulfide) groups is 1. The summed E-state index contributed by atoms with van der Waals surface area (Å²) in [5, 5.41) is 12.8. The van der Waals surface area contributed by atoms with Gasteiger partial charge in [-0.15, -0.1) is 0 Å². The molecule has 0 aliphatic heterocycles. The number of aromatic nitrogens is 1. The van der Waals surface area contributed by atoms with Crippen molar-refractivity contribution >= 4 is 11.8 Å². The Morgan fingerprint density at radius 1 is 0.864 bits per heavy atom. The predicted octanol–water partition coefficient (Wildman–Crippen LogP) is 4.51. The predicted molar refractivity (Wildman–Crippen MR) is 90.7 cm³/mol. The Labute approximate surface area is 135 Å². The molecule has 0 amide bonds. The van der Waals surface area contributed by atoms with Crippen molar-refractivity contribution in [1.82, 2.24) is 0 Å². The van der Waals surface area contributed by atoms with E-state index in [9.17, 15) is 5.21 Å². The van der Waals surface area contributed by atoms with Gasteiger partial charge in [-0.25, -0.2) is 0 Å². The molecule has 2 nitrogen and oxygen atoms in total. The number of pyridine rings is 1. The van der Waals surface area contributed by atoms with Crippen LogP contribution in [-0.2, 0) is 0 Å². The van der Waals surface area contributed by atoms with Gasteiger partial charge in [0.1, 0.15) is 0 Å². The Bertz CT molecular complexity index is 758. The monoisotopic (exact) mass is 307 g/mol. The Balaban J connectivity index is 2.05. The number of aryl methyl sites for hydroxylation is 1. The largest absolute Gasteiger partial charge is 0.618 e.